The third kappa shape index (κ3) is 6.35. The first-order valence-electron chi connectivity index (χ1n) is 8.13. The molecule has 7 heteroatoms. The molecule has 0 aliphatic rings. The van der Waals surface area contributed by atoms with Crippen molar-refractivity contribution < 1.29 is 23.8 Å². The lowest BCUT2D eigenvalue weighted by Gasteiger charge is -2.07. The Hall–Kier alpha value is -3.22. The van der Waals surface area contributed by atoms with E-state index in [0.29, 0.717) is 30.9 Å². The van der Waals surface area contributed by atoms with Gasteiger partial charge in [0.1, 0.15) is 5.75 Å². The quantitative estimate of drug-likeness (QED) is 0.388. The van der Waals surface area contributed by atoms with Crippen molar-refractivity contribution in [2.24, 2.45) is 0 Å². The van der Waals surface area contributed by atoms with Crippen LogP contribution >= 0.6 is 0 Å². The number of hydrogen-bond donors (Lipinski definition) is 0. The number of aromatic nitrogens is 2. The SMILES string of the molecule is C=CC(=O)OCCCCOc1ccc(C(=O)Oc2ccc(C)nn2)cc1. The van der Waals surface area contributed by atoms with Gasteiger partial charge in [0.2, 0.25) is 5.88 Å². The number of unbranched alkanes of at least 4 members (excludes halogenated alkanes) is 1. The van der Waals surface area contributed by atoms with Crippen molar-refractivity contribution in [3.05, 3.63) is 60.3 Å². The van der Waals surface area contributed by atoms with Crippen LogP contribution < -0.4 is 9.47 Å². The average molecular weight is 356 g/mol. The highest BCUT2D eigenvalue weighted by molar-refractivity contribution is 5.90. The summed E-state index contributed by atoms with van der Waals surface area (Å²) in [5, 5.41) is 7.62. The Morgan fingerprint density at radius 2 is 1.77 bits per heavy atom. The van der Waals surface area contributed by atoms with Crippen LogP contribution in [0.4, 0.5) is 0 Å². The van der Waals surface area contributed by atoms with Crippen LogP contribution in [0.1, 0.15) is 28.9 Å². The Balaban J connectivity index is 1.73. The molecule has 136 valence electrons. The number of ether oxygens (including phenoxy) is 3. The molecule has 0 N–H and O–H groups in total. The van der Waals surface area contributed by atoms with E-state index in [1.807, 2.05) is 0 Å². The first-order valence-corrected chi connectivity index (χ1v) is 8.13. The minimum Gasteiger partial charge on any atom is -0.494 e. The van der Waals surface area contributed by atoms with Crippen LogP contribution in [0.15, 0.2) is 49.1 Å². The molecule has 0 atom stereocenters. The zero-order valence-electron chi connectivity index (χ0n) is 14.5. The van der Waals surface area contributed by atoms with Crippen LogP contribution in [0.3, 0.4) is 0 Å². The number of benzene rings is 1. The zero-order chi connectivity index (χ0) is 18.8. The van der Waals surface area contributed by atoms with Crippen LogP contribution in [-0.4, -0.2) is 35.3 Å². The van der Waals surface area contributed by atoms with Crippen LogP contribution in [0.25, 0.3) is 0 Å². The van der Waals surface area contributed by atoms with Crippen molar-refractivity contribution in [3.8, 4) is 11.6 Å². The van der Waals surface area contributed by atoms with Gasteiger partial charge in [-0.05, 0) is 50.1 Å². The molecule has 0 saturated heterocycles. The Labute approximate surface area is 151 Å². The second-order valence-electron chi connectivity index (χ2n) is 5.35. The van der Waals surface area contributed by atoms with Gasteiger partial charge >= 0.3 is 11.9 Å². The predicted molar refractivity (Wildman–Crippen MR) is 94.1 cm³/mol. The molecule has 0 saturated carbocycles. The fourth-order valence-electron chi connectivity index (χ4n) is 1.91. The van der Waals surface area contributed by atoms with E-state index in [1.54, 1.807) is 43.3 Å². The van der Waals surface area contributed by atoms with Gasteiger partial charge in [0.25, 0.3) is 0 Å². The monoisotopic (exact) mass is 356 g/mol. The molecule has 0 aliphatic heterocycles. The first kappa shape index (κ1) is 19.1. The maximum atomic E-state index is 12.0. The number of aryl methyl sites for hydroxylation is 1. The number of carbonyl (C=O) groups excluding carboxylic acids is 2. The minimum absolute atomic E-state index is 0.151. The molecule has 0 unspecified atom stereocenters. The molecule has 1 aromatic carbocycles. The Morgan fingerprint density at radius 3 is 2.42 bits per heavy atom. The Morgan fingerprint density at radius 1 is 1.04 bits per heavy atom. The normalized spacial score (nSPS) is 10.0. The summed E-state index contributed by atoms with van der Waals surface area (Å²) in [4.78, 5) is 22.9. The molecule has 1 heterocycles. The highest BCUT2D eigenvalue weighted by atomic mass is 16.5. The summed E-state index contributed by atoms with van der Waals surface area (Å²) in [7, 11) is 0. The van der Waals surface area contributed by atoms with Crippen molar-refractivity contribution in [2.75, 3.05) is 13.2 Å². The van der Waals surface area contributed by atoms with Crippen molar-refractivity contribution in [3.63, 3.8) is 0 Å². The number of carbonyl (C=O) groups is 2. The third-order valence-electron chi connectivity index (χ3n) is 3.28. The van der Waals surface area contributed by atoms with Crippen LogP contribution in [0.2, 0.25) is 0 Å². The van der Waals surface area contributed by atoms with Crippen molar-refractivity contribution in [1.82, 2.24) is 10.2 Å². The van der Waals surface area contributed by atoms with Gasteiger partial charge in [-0.2, -0.15) is 5.10 Å². The number of hydrogen-bond acceptors (Lipinski definition) is 7. The first-order chi connectivity index (χ1) is 12.6. The van der Waals surface area contributed by atoms with Crippen molar-refractivity contribution >= 4 is 11.9 Å². The molecular formula is C19H20N2O5. The van der Waals surface area contributed by atoms with Gasteiger partial charge < -0.3 is 14.2 Å². The molecule has 7 nitrogen and oxygen atoms in total. The molecule has 0 fully saturated rings. The lowest BCUT2D eigenvalue weighted by atomic mass is 10.2. The molecular weight excluding hydrogens is 336 g/mol. The smallest absolute Gasteiger partial charge is 0.344 e. The summed E-state index contributed by atoms with van der Waals surface area (Å²) in [5.74, 6) is -0.151. The molecule has 1 aromatic heterocycles. The van der Waals surface area contributed by atoms with Gasteiger partial charge in [0, 0.05) is 12.1 Å². The van der Waals surface area contributed by atoms with Crippen LogP contribution in [0.5, 0.6) is 11.6 Å². The third-order valence-corrected chi connectivity index (χ3v) is 3.28. The van der Waals surface area contributed by atoms with Crippen molar-refractivity contribution in [1.29, 1.82) is 0 Å². The number of rotatable bonds is 9. The van der Waals surface area contributed by atoms with E-state index < -0.39 is 11.9 Å². The van der Waals surface area contributed by atoms with Gasteiger partial charge in [0.15, 0.2) is 0 Å². The summed E-state index contributed by atoms with van der Waals surface area (Å²) >= 11 is 0. The second kappa shape index (κ2) is 9.93. The van der Waals surface area contributed by atoms with E-state index in [0.717, 1.165) is 18.2 Å². The van der Waals surface area contributed by atoms with Gasteiger partial charge in [-0.25, -0.2) is 9.59 Å². The van der Waals surface area contributed by atoms with E-state index in [-0.39, 0.29) is 5.88 Å². The topological polar surface area (TPSA) is 87.6 Å². The largest absolute Gasteiger partial charge is 0.494 e. The fraction of sp³-hybridized carbons (Fsp3) is 0.263. The second-order valence-corrected chi connectivity index (χ2v) is 5.35. The molecule has 0 aliphatic carbocycles. The van der Waals surface area contributed by atoms with E-state index in [1.165, 1.54) is 0 Å². The predicted octanol–water partition coefficient (Wildman–Crippen LogP) is 2.89. The van der Waals surface area contributed by atoms with Gasteiger partial charge in [0.05, 0.1) is 24.5 Å². The number of nitrogens with zero attached hydrogens (tertiary/aromatic N) is 2. The van der Waals surface area contributed by atoms with E-state index in [2.05, 4.69) is 16.8 Å². The molecule has 2 rings (SSSR count). The molecule has 0 bridgehead atoms. The lowest BCUT2D eigenvalue weighted by Crippen LogP contribution is -2.10. The van der Waals surface area contributed by atoms with E-state index in [9.17, 15) is 9.59 Å². The van der Waals surface area contributed by atoms with E-state index in [4.69, 9.17) is 14.2 Å². The van der Waals surface area contributed by atoms with Crippen molar-refractivity contribution in [2.45, 2.75) is 19.8 Å². The molecule has 0 spiro atoms. The summed E-state index contributed by atoms with van der Waals surface area (Å²) in [6.45, 7) is 5.93. The minimum atomic E-state index is -0.515. The van der Waals surface area contributed by atoms with Crippen LogP contribution in [-0.2, 0) is 9.53 Å². The standard InChI is InChI=1S/C19H20N2O5/c1-3-18(22)25-13-5-4-12-24-16-9-7-15(8-10-16)19(23)26-17-11-6-14(2)20-21-17/h3,6-11H,1,4-5,12-13H2,2H3. The molecule has 0 amide bonds. The highest BCUT2D eigenvalue weighted by Crippen LogP contribution is 2.15. The van der Waals surface area contributed by atoms with Gasteiger partial charge in [-0.15, -0.1) is 5.10 Å². The van der Waals surface area contributed by atoms with Crippen LogP contribution in [0, 0.1) is 6.92 Å². The Kier molecular flexibility index (Phi) is 7.30. The van der Waals surface area contributed by atoms with Gasteiger partial charge in [-0.1, -0.05) is 6.58 Å². The highest BCUT2D eigenvalue weighted by Gasteiger charge is 2.10. The fourth-order valence-corrected chi connectivity index (χ4v) is 1.91. The van der Waals surface area contributed by atoms with E-state index >= 15 is 0 Å². The maximum absolute atomic E-state index is 12.0. The van der Waals surface area contributed by atoms with Gasteiger partial charge in [-0.3, -0.25) is 0 Å². The summed E-state index contributed by atoms with van der Waals surface area (Å²) < 4.78 is 15.6. The molecule has 26 heavy (non-hydrogen) atoms. The average Bonchev–Trinajstić information content (AvgIpc) is 2.66. The number of esters is 2. The lowest BCUT2D eigenvalue weighted by molar-refractivity contribution is -0.137. The zero-order valence-corrected chi connectivity index (χ0v) is 14.5. The maximum Gasteiger partial charge on any atom is 0.344 e. The summed E-state index contributed by atoms with van der Waals surface area (Å²) in [6.07, 6.45) is 2.57. The molecule has 2 aromatic rings. The Bertz CT molecular complexity index is 742. The summed E-state index contributed by atoms with van der Waals surface area (Å²) in [5.41, 5.74) is 1.13. The molecule has 0 radical (unpaired) electrons. The summed E-state index contributed by atoms with van der Waals surface area (Å²) in [6, 6.07) is 9.91.